The van der Waals surface area contributed by atoms with Crippen molar-refractivity contribution in [2.24, 2.45) is 5.16 Å². The molecule has 2 aromatic rings. The van der Waals surface area contributed by atoms with Gasteiger partial charge in [-0.25, -0.2) is 0 Å². The number of hydrogen-bond acceptors (Lipinski definition) is 3. The van der Waals surface area contributed by atoms with Gasteiger partial charge in [-0.1, -0.05) is 29.4 Å². The van der Waals surface area contributed by atoms with E-state index in [4.69, 9.17) is 4.84 Å². The molecule has 1 aromatic carbocycles. The smallest absolute Gasteiger partial charge is 0.157 e. The maximum Gasteiger partial charge on any atom is 0.157 e. The molecule has 0 unspecified atom stereocenters. The Morgan fingerprint density at radius 3 is 2.50 bits per heavy atom. The first-order valence-corrected chi connectivity index (χ1v) is 5.04. The summed E-state index contributed by atoms with van der Waals surface area (Å²) in [5.74, 6) is 0.720. The number of oxime groups is 1. The molecule has 0 aliphatic rings. The Bertz CT molecular complexity index is 466. The highest BCUT2D eigenvalue weighted by molar-refractivity contribution is 5.96. The lowest BCUT2D eigenvalue weighted by molar-refractivity contribution is 0.341. The Hall–Kier alpha value is -2.16. The Morgan fingerprint density at radius 1 is 1.06 bits per heavy atom. The molecule has 0 N–H and O–H groups in total. The van der Waals surface area contributed by atoms with Crippen LogP contribution in [0, 0.1) is 0 Å². The van der Waals surface area contributed by atoms with Crippen molar-refractivity contribution < 1.29 is 4.84 Å². The molecule has 0 bridgehead atoms. The van der Waals surface area contributed by atoms with E-state index in [1.165, 1.54) is 0 Å². The van der Waals surface area contributed by atoms with Crippen molar-refractivity contribution in [1.82, 2.24) is 4.98 Å². The summed E-state index contributed by atoms with van der Waals surface area (Å²) < 4.78 is 0. The Morgan fingerprint density at radius 2 is 1.81 bits per heavy atom. The number of hydrogen-bond donors (Lipinski definition) is 0. The normalized spacial score (nSPS) is 11.2. The van der Waals surface area contributed by atoms with Crippen LogP contribution in [0.4, 0.5) is 0 Å². The summed E-state index contributed by atoms with van der Waals surface area (Å²) >= 11 is 0. The van der Waals surface area contributed by atoms with E-state index in [2.05, 4.69) is 10.1 Å². The molecule has 3 heteroatoms. The Labute approximate surface area is 94.4 Å². The molecule has 0 atom stereocenters. The number of pyridine rings is 1. The van der Waals surface area contributed by atoms with Crippen molar-refractivity contribution >= 4 is 5.71 Å². The van der Waals surface area contributed by atoms with Crippen molar-refractivity contribution in [3.63, 3.8) is 0 Å². The van der Waals surface area contributed by atoms with E-state index >= 15 is 0 Å². The van der Waals surface area contributed by atoms with E-state index in [9.17, 15) is 0 Å². The van der Waals surface area contributed by atoms with Crippen LogP contribution < -0.4 is 4.84 Å². The lowest BCUT2D eigenvalue weighted by Crippen LogP contribution is -1.99. The lowest BCUT2D eigenvalue weighted by Gasteiger charge is -2.00. The van der Waals surface area contributed by atoms with Crippen molar-refractivity contribution in [3.05, 3.63) is 60.4 Å². The largest absolute Gasteiger partial charge is 0.357 e. The van der Waals surface area contributed by atoms with E-state index in [1.807, 2.05) is 55.5 Å². The standard InChI is InChI=1S/C13H12N2O/c1-11(13-9-5-6-10-14-13)15-16-12-7-3-2-4-8-12/h2-10H,1H3/b15-11+. The molecular formula is C13H12N2O. The SMILES string of the molecule is C/C(=N\Oc1ccccc1)c1ccccn1. The van der Waals surface area contributed by atoms with Crippen LogP contribution in [-0.4, -0.2) is 10.7 Å². The van der Waals surface area contributed by atoms with Crippen molar-refractivity contribution in [1.29, 1.82) is 0 Å². The molecule has 1 aromatic heterocycles. The van der Waals surface area contributed by atoms with Crippen LogP contribution in [0.25, 0.3) is 0 Å². The van der Waals surface area contributed by atoms with Gasteiger partial charge in [0, 0.05) is 6.20 Å². The third-order valence-electron chi connectivity index (χ3n) is 2.07. The quantitative estimate of drug-likeness (QED) is 0.579. The second-order valence-corrected chi connectivity index (χ2v) is 3.30. The van der Waals surface area contributed by atoms with Crippen molar-refractivity contribution in [2.45, 2.75) is 6.92 Å². The molecule has 0 saturated carbocycles. The third kappa shape index (κ3) is 2.67. The van der Waals surface area contributed by atoms with Gasteiger partial charge in [-0.15, -0.1) is 0 Å². The van der Waals surface area contributed by atoms with Crippen molar-refractivity contribution in [2.75, 3.05) is 0 Å². The van der Waals surface area contributed by atoms with Gasteiger partial charge in [0.2, 0.25) is 0 Å². The number of aromatic nitrogens is 1. The van der Waals surface area contributed by atoms with Gasteiger partial charge in [-0.3, -0.25) is 4.98 Å². The summed E-state index contributed by atoms with van der Waals surface area (Å²) in [6, 6.07) is 15.1. The van der Waals surface area contributed by atoms with Gasteiger partial charge < -0.3 is 4.84 Å². The van der Waals surface area contributed by atoms with E-state index in [0.29, 0.717) is 0 Å². The highest BCUT2D eigenvalue weighted by Gasteiger charge is 1.98. The van der Waals surface area contributed by atoms with Gasteiger partial charge in [0.1, 0.15) is 5.71 Å². The average molecular weight is 212 g/mol. The topological polar surface area (TPSA) is 34.5 Å². The maximum absolute atomic E-state index is 5.27. The number of para-hydroxylation sites is 1. The minimum atomic E-state index is 0.720. The molecule has 0 radical (unpaired) electrons. The molecule has 0 saturated heterocycles. The second kappa shape index (κ2) is 5.07. The molecule has 0 spiro atoms. The van der Waals surface area contributed by atoms with Crippen LogP contribution in [0.2, 0.25) is 0 Å². The summed E-state index contributed by atoms with van der Waals surface area (Å²) in [5.41, 5.74) is 1.57. The van der Waals surface area contributed by atoms with Crippen LogP contribution in [-0.2, 0) is 0 Å². The fourth-order valence-corrected chi connectivity index (χ4v) is 1.23. The highest BCUT2D eigenvalue weighted by atomic mass is 16.6. The maximum atomic E-state index is 5.27. The predicted molar refractivity (Wildman–Crippen MR) is 63.5 cm³/mol. The summed E-state index contributed by atoms with van der Waals surface area (Å²) in [6.45, 7) is 1.87. The number of nitrogens with zero attached hydrogens (tertiary/aromatic N) is 2. The van der Waals surface area contributed by atoms with Gasteiger partial charge >= 0.3 is 0 Å². The average Bonchev–Trinajstić information content (AvgIpc) is 2.38. The number of benzene rings is 1. The van der Waals surface area contributed by atoms with Gasteiger partial charge in [0.05, 0.1) is 5.69 Å². The molecule has 0 aliphatic heterocycles. The second-order valence-electron chi connectivity index (χ2n) is 3.30. The van der Waals surface area contributed by atoms with Gasteiger partial charge in [0.15, 0.2) is 5.75 Å². The van der Waals surface area contributed by atoms with E-state index < -0.39 is 0 Å². The summed E-state index contributed by atoms with van der Waals surface area (Å²) in [6.07, 6.45) is 1.73. The molecule has 3 nitrogen and oxygen atoms in total. The third-order valence-corrected chi connectivity index (χ3v) is 2.07. The van der Waals surface area contributed by atoms with E-state index in [0.717, 1.165) is 17.2 Å². The minimum absolute atomic E-state index is 0.720. The molecule has 0 fully saturated rings. The molecule has 80 valence electrons. The van der Waals surface area contributed by atoms with Gasteiger partial charge in [-0.05, 0) is 31.2 Å². The molecule has 1 heterocycles. The molecule has 2 rings (SSSR count). The van der Waals surface area contributed by atoms with Crippen LogP contribution in [0.5, 0.6) is 5.75 Å². The molecule has 0 aliphatic carbocycles. The van der Waals surface area contributed by atoms with E-state index in [1.54, 1.807) is 6.20 Å². The number of rotatable bonds is 3. The van der Waals surface area contributed by atoms with Crippen LogP contribution in [0.15, 0.2) is 59.9 Å². The summed E-state index contributed by atoms with van der Waals surface area (Å²) in [5, 5.41) is 4.02. The lowest BCUT2D eigenvalue weighted by atomic mass is 10.3. The first-order chi connectivity index (χ1) is 7.86. The zero-order valence-corrected chi connectivity index (χ0v) is 9.00. The van der Waals surface area contributed by atoms with E-state index in [-0.39, 0.29) is 0 Å². The summed E-state index contributed by atoms with van der Waals surface area (Å²) in [7, 11) is 0. The fraction of sp³-hybridized carbons (Fsp3) is 0.0769. The van der Waals surface area contributed by atoms with Crippen LogP contribution in [0.1, 0.15) is 12.6 Å². The molecule has 16 heavy (non-hydrogen) atoms. The predicted octanol–water partition coefficient (Wildman–Crippen LogP) is 2.88. The Balaban J connectivity index is 2.09. The van der Waals surface area contributed by atoms with Crippen molar-refractivity contribution in [3.8, 4) is 5.75 Å². The molecule has 0 amide bonds. The monoisotopic (exact) mass is 212 g/mol. The fourth-order valence-electron chi connectivity index (χ4n) is 1.23. The van der Waals surface area contributed by atoms with Gasteiger partial charge in [0.25, 0.3) is 0 Å². The van der Waals surface area contributed by atoms with Crippen LogP contribution in [0.3, 0.4) is 0 Å². The minimum Gasteiger partial charge on any atom is -0.357 e. The zero-order valence-electron chi connectivity index (χ0n) is 9.00. The highest BCUT2D eigenvalue weighted by Crippen LogP contribution is 2.09. The van der Waals surface area contributed by atoms with Crippen LogP contribution >= 0.6 is 0 Å². The molecular weight excluding hydrogens is 200 g/mol. The summed E-state index contributed by atoms with van der Waals surface area (Å²) in [4.78, 5) is 9.45. The Kier molecular flexibility index (Phi) is 3.28. The first-order valence-electron chi connectivity index (χ1n) is 5.04. The van der Waals surface area contributed by atoms with Gasteiger partial charge in [-0.2, -0.15) is 0 Å². The first kappa shape index (κ1) is 10.4. The zero-order chi connectivity index (χ0) is 11.2.